The van der Waals surface area contributed by atoms with Crippen molar-refractivity contribution in [2.24, 2.45) is 0 Å². The number of alkyl halides is 1. The van der Waals surface area contributed by atoms with Gasteiger partial charge in [-0.25, -0.2) is 0 Å². The smallest absolute Gasteiger partial charge is 0.0149 e. The van der Waals surface area contributed by atoms with Crippen LogP contribution in [-0.2, 0) is 23.2 Å². The third-order valence-corrected chi connectivity index (χ3v) is 2.37. The Labute approximate surface area is 78.2 Å². The maximum atomic E-state index is 5.26. The summed E-state index contributed by atoms with van der Waals surface area (Å²) in [5, 5.41) is 0. The maximum absolute atomic E-state index is 5.26. The largest absolute Gasteiger partial charge is 1.00 e. The SMILES string of the molecule is [CH3][Zr+2][CH2]Cl.[Cl-].[Cl-].[SiH4]. The van der Waals surface area contributed by atoms with E-state index in [1.807, 2.05) is 0 Å². The van der Waals surface area contributed by atoms with E-state index in [2.05, 4.69) is 4.63 Å². The van der Waals surface area contributed by atoms with Gasteiger partial charge >= 0.3 is 43.1 Å². The van der Waals surface area contributed by atoms with E-state index in [4.69, 9.17) is 11.6 Å². The first-order valence-electron chi connectivity index (χ1n) is 1.12. The molecule has 46 valence electrons. The Morgan fingerprint density at radius 2 is 1.57 bits per heavy atom. The van der Waals surface area contributed by atoms with Gasteiger partial charge in [0.05, 0.1) is 0 Å². The van der Waals surface area contributed by atoms with Crippen LogP contribution in [0.3, 0.4) is 0 Å². The molecule has 0 heterocycles. The average molecular weight is 259 g/mol. The average Bonchev–Trinajstić information content (AvgIpc) is 1.37. The second kappa shape index (κ2) is 24.6. The molecular formula is C2H9Cl3SiZr. The Balaban J connectivity index is -0.0000000150. The first-order chi connectivity index (χ1) is 1.91. The van der Waals surface area contributed by atoms with Crippen LogP contribution in [0.15, 0.2) is 0 Å². The summed E-state index contributed by atoms with van der Waals surface area (Å²) in [6.45, 7) is 0. The van der Waals surface area contributed by atoms with Crippen molar-refractivity contribution in [1.82, 2.24) is 0 Å². The van der Waals surface area contributed by atoms with Gasteiger partial charge in [0.15, 0.2) is 0 Å². The molecule has 0 bridgehead atoms. The standard InChI is InChI=1S/CH2Cl.CH3.2ClH.H4Si.Zr/c1-2;;;;;/h1H2;1H3;2*1H;1H4;/q;;;;;+2/p-2. The minimum Gasteiger partial charge on any atom is -1.00 e. The zero-order valence-electron chi connectivity index (χ0n) is 3.34. The van der Waals surface area contributed by atoms with Gasteiger partial charge in [0.2, 0.25) is 0 Å². The molecule has 0 unspecified atom stereocenters. The van der Waals surface area contributed by atoms with E-state index >= 15 is 0 Å². The molecule has 0 fully saturated rings. The van der Waals surface area contributed by atoms with Gasteiger partial charge in [0, 0.05) is 0 Å². The molecule has 5 heteroatoms. The molecule has 0 N–H and O–H groups in total. The van der Waals surface area contributed by atoms with Crippen LogP contribution >= 0.6 is 11.6 Å². The van der Waals surface area contributed by atoms with Crippen molar-refractivity contribution in [3.8, 4) is 0 Å². The Hall–Kier alpha value is 1.97. The molecule has 0 amide bonds. The van der Waals surface area contributed by atoms with Gasteiger partial charge in [-0.05, 0) is 11.0 Å². The summed E-state index contributed by atoms with van der Waals surface area (Å²) >= 11 is 5.25. The first kappa shape index (κ1) is 23.1. The number of halogens is 3. The second-order valence-corrected chi connectivity index (χ2v) is 4.46. The van der Waals surface area contributed by atoms with Crippen LogP contribution in [0, 0.1) is 0 Å². The molecule has 0 aliphatic rings. The predicted molar refractivity (Wildman–Crippen MR) is 27.9 cm³/mol. The van der Waals surface area contributed by atoms with Gasteiger partial charge < -0.3 is 24.8 Å². The summed E-state index contributed by atoms with van der Waals surface area (Å²) in [5.74, 6) is 0. The topological polar surface area (TPSA) is 0 Å². The summed E-state index contributed by atoms with van der Waals surface area (Å²) in [6, 6.07) is 0. The summed E-state index contributed by atoms with van der Waals surface area (Å²) in [5.41, 5.74) is 0. The Morgan fingerprint density at radius 3 is 1.57 bits per heavy atom. The monoisotopic (exact) mass is 256 g/mol. The summed E-state index contributed by atoms with van der Waals surface area (Å²) < 4.78 is 3.18. The van der Waals surface area contributed by atoms with Crippen molar-refractivity contribution in [2.75, 3.05) is 3.59 Å². The summed E-state index contributed by atoms with van der Waals surface area (Å²) in [6.07, 6.45) is 0. The fraction of sp³-hybridized carbons (Fsp3) is 1.00. The van der Waals surface area contributed by atoms with Crippen LogP contribution in [-0.4, -0.2) is 14.6 Å². The normalized spacial score (nSPS) is 3.14. The molecule has 7 heavy (non-hydrogen) atoms. The molecule has 0 aromatic heterocycles. The van der Waals surface area contributed by atoms with E-state index < -0.39 is 0 Å². The number of hydrogen-bond acceptors (Lipinski definition) is 0. The van der Waals surface area contributed by atoms with Gasteiger partial charge in [-0.1, -0.05) is 0 Å². The van der Waals surface area contributed by atoms with E-state index in [0.717, 1.165) is 3.59 Å². The number of hydrogen-bond donors (Lipinski definition) is 0. The fourth-order valence-corrected chi connectivity index (χ4v) is 0. The molecule has 0 aromatic rings. The van der Waals surface area contributed by atoms with Crippen molar-refractivity contribution in [1.29, 1.82) is 0 Å². The van der Waals surface area contributed by atoms with Gasteiger partial charge in [0.1, 0.15) is 0 Å². The van der Waals surface area contributed by atoms with E-state index in [1.165, 1.54) is 0 Å². The van der Waals surface area contributed by atoms with E-state index in [-0.39, 0.29) is 59.0 Å². The van der Waals surface area contributed by atoms with Crippen LogP contribution in [0.25, 0.3) is 0 Å². The van der Waals surface area contributed by atoms with E-state index in [1.54, 1.807) is 0 Å². The van der Waals surface area contributed by atoms with Gasteiger partial charge in [-0.2, -0.15) is 0 Å². The first-order valence-corrected chi connectivity index (χ1v) is 5.85. The Bertz CT molecular complexity index is 14.9. The molecule has 0 radical (unpaired) electrons. The molecule has 0 saturated heterocycles. The quantitative estimate of drug-likeness (QED) is 0.325. The summed E-state index contributed by atoms with van der Waals surface area (Å²) in [4.78, 5) is 0. The van der Waals surface area contributed by atoms with Crippen molar-refractivity contribution >= 4 is 22.6 Å². The van der Waals surface area contributed by atoms with Gasteiger partial charge in [-0.15, -0.1) is 0 Å². The molecule has 0 spiro atoms. The molecular weight excluding hydrogens is 250 g/mol. The Kier molecular flexibility index (Phi) is 81.0. The molecule has 0 saturated carbocycles. The third kappa shape index (κ3) is 32.2. The zero-order valence-corrected chi connectivity index (χ0v) is 8.07. The van der Waals surface area contributed by atoms with Crippen molar-refractivity contribution in [3.05, 3.63) is 0 Å². The van der Waals surface area contributed by atoms with Gasteiger partial charge in [-0.3, -0.25) is 0 Å². The molecule has 0 atom stereocenters. The van der Waals surface area contributed by atoms with Crippen LogP contribution in [0.4, 0.5) is 0 Å². The Morgan fingerprint density at radius 1 is 1.43 bits per heavy atom. The minimum atomic E-state index is -0.0107. The molecule has 0 aliphatic carbocycles. The fourth-order valence-electron chi connectivity index (χ4n) is 0. The molecule has 0 aromatic carbocycles. The zero-order chi connectivity index (χ0) is 3.41. The van der Waals surface area contributed by atoms with Crippen molar-refractivity contribution in [3.63, 3.8) is 0 Å². The minimum absolute atomic E-state index is 0. The molecule has 0 nitrogen and oxygen atoms in total. The van der Waals surface area contributed by atoms with Crippen LogP contribution < -0.4 is 24.8 Å². The second-order valence-electron chi connectivity index (χ2n) is 0.487. The predicted octanol–water partition coefficient (Wildman–Crippen LogP) is -6.13. The molecule has 0 rings (SSSR count). The van der Waals surface area contributed by atoms with Crippen molar-refractivity contribution in [2.45, 2.75) is 4.63 Å². The van der Waals surface area contributed by atoms with Crippen molar-refractivity contribution < 1.29 is 48.0 Å². The van der Waals surface area contributed by atoms with Crippen LogP contribution in [0.5, 0.6) is 0 Å². The number of rotatable bonds is 1. The summed E-state index contributed by atoms with van der Waals surface area (Å²) in [7, 11) is 0. The van der Waals surface area contributed by atoms with E-state index in [0.29, 0.717) is 0 Å². The van der Waals surface area contributed by atoms with Crippen LogP contribution in [0.1, 0.15) is 0 Å². The third-order valence-electron chi connectivity index (χ3n) is 0.134. The van der Waals surface area contributed by atoms with Gasteiger partial charge in [0.25, 0.3) is 0 Å². The maximum Gasteiger partial charge on any atom is -0.0149 e. The van der Waals surface area contributed by atoms with E-state index in [9.17, 15) is 0 Å². The molecule has 0 aliphatic heterocycles. The van der Waals surface area contributed by atoms with Crippen LogP contribution in [0.2, 0.25) is 4.63 Å².